The highest BCUT2D eigenvalue weighted by molar-refractivity contribution is 5.75. The Morgan fingerprint density at radius 2 is 2.08 bits per heavy atom. The second kappa shape index (κ2) is 8.79. The van der Waals surface area contributed by atoms with E-state index >= 15 is 0 Å². The summed E-state index contributed by atoms with van der Waals surface area (Å²) >= 11 is 0. The minimum absolute atomic E-state index is 0.0659. The van der Waals surface area contributed by atoms with Gasteiger partial charge in [-0.05, 0) is 61.3 Å². The SMILES string of the molecule is C[C@H]1C=C2C=C[C@H](C)[C@H](CC[C@@H](O)C[C@@H](O)CC(=O)NN)[C@H]2CC1. The predicted octanol–water partition coefficient (Wildman–Crippen LogP) is 2.05. The number of hydrazine groups is 1. The number of fused-ring (bicyclic) bond motifs is 1. The summed E-state index contributed by atoms with van der Waals surface area (Å²) in [6.07, 6.45) is 9.75. The molecule has 0 aromatic rings. The quantitative estimate of drug-likeness (QED) is 0.325. The van der Waals surface area contributed by atoms with Crippen molar-refractivity contribution in [3.8, 4) is 0 Å². The van der Waals surface area contributed by atoms with E-state index in [1.165, 1.54) is 18.4 Å². The van der Waals surface area contributed by atoms with E-state index < -0.39 is 18.1 Å². The topological polar surface area (TPSA) is 95.6 Å². The van der Waals surface area contributed by atoms with Crippen molar-refractivity contribution in [3.63, 3.8) is 0 Å². The Morgan fingerprint density at radius 1 is 1.33 bits per heavy atom. The van der Waals surface area contributed by atoms with Crippen LogP contribution >= 0.6 is 0 Å². The Hall–Kier alpha value is -1.17. The molecule has 0 saturated heterocycles. The summed E-state index contributed by atoms with van der Waals surface area (Å²) < 4.78 is 0. The van der Waals surface area contributed by atoms with Crippen molar-refractivity contribution >= 4 is 5.91 Å². The molecule has 0 bridgehead atoms. The fourth-order valence-electron chi connectivity index (χ4n) is 4.19. The molecule has 0 spiro atoms. The second-order valence-corrected chi connectivity index (χ2v) is 7.60. The van der Waals surface area contributed by atoms with Crippen LogP contribution in [-0.4, -0.2) is 28.3 Å². The van der Waals surface area contributed by atoms with E-state index in [0.717, 1.165) is 6.42 Å². The zero-order valence-corrected chi connectivity index (χ0v) is 14.8. The van der Waals surface area contributed by atoms with Gasteiger partial charge in [0.05, 0.1) is 18.6 Å². The Kier molecular flexibility index (Phi) is 7.02. The van der Waals surface area contributed by atoms with E-state index in [1.54, 1.807) is 0 Å². The standard InChI is InChI=1S/C19H32N2O3/c1-12-3-7-18-14(9-12)5-4-13(2)17(18)8-6-15(22)10-16(23)11-19(24)21-20/h4-5,9,12-13,15-18,22-23H,3,6-8,10-11,20H2,1-2H3,(H,21,24)/t12-,13+,15-,16-,17+,18+/m1/s1. The van der Waals surface area contributed by atoms with Gasteiger partial charge in [0, 0.05) is 0 Å². The van der Waals surface area contributed by atoms with Crippen molar-refractivity contribution in [1.82, 2.24) is 5.43 Å². The number of carbonyl (C=O) groups is 1. The molecule has 5 heteroatoms. The summed E-state index contributed by atoms with van der Waals surface area (Å²) in [4.78, 5) is 11.1. The highest BCUT2D eigenvalue weighted by atomic mass is 16.3. The van der Waals surface area contributed by atoms with Gasteiger partial charge in [0.2, 0.25) is 5.91 Å². The van der Waals surface area contributed by atoms with Gasteiger partial charge >= 0.3 is 0 Å². The van der Waals surface area contributed by atoms with E-state index in [2.05, 4.69) is 32.1 Å². The molecular formula is C19H32N2O3. The number of nitrogens with one attached hydrogen (secondary N) is 1. The normalized spacial score (nSPS) is 31.8. The number of carbonyl (C=O) groups excluding carboxylic acids is 1. The number of allylic oxidation sites excluding steroid dienone is 4. The van der Waals surface area contributed by atoms with E-state index in [9.17, 15) is 15.0 Å². The molecule has 1 amide bonds. The third-order valence-electron chi connectivity index (χ3n) is 5.58. The first-order valence-corrected chi connectivity index (χ1v) is 9.16. The Labute approximate surface area is 145 Å². The number of hydrogen-bond donors (Lipinski definition) is 4. The van der Waals surface area contributed by atoms with Crippen LogP contribution in [0, 0.1) is 23.7 Å². The number of rotatable bonds is 7. The first-order valence-electron chi connectivity index (χ1n) is 9.16. The molecule has 0 fully saturated rings. The molecule has 2 rings (SSSR count). The number of aliphatic hydroxyl groups is 2. The molecule has 24 heavy (non-hydrogen) atoms. The van der Waals surface area contributed by atoms with E-state index in [1.807, 2.05) is 5.43 Å². The van der Waals surface area contributed by atoms with Crippen LogP contribution in [0.1, 0.15) is 52.4 Å². The van der Waals surface area contributed by atoms with Crippen LogP contribution < -0.4 is 11.3 Å². The zero-order valence-electron chi connectivity index (χ0n) is 14.8. The first kappa shape index (κ1) is 19.2. The lowest BCUT2D eigenvalue weighted by Gasteiger charge is -2.39. The van der Waals surface area contributed by atoms with E-state index in [4.69, 9.17) is 5.84 Å². The average Bonchev–Trinajstić information content (AvgIpc) is 2.53. The van der Waals surface area contributed by atoms with Gasteiger partial charge in [0.15, 0.2) is 0 Å². The molecule has 2 aliphatic rings. The Bertz CT molecular complexity index is 489. The third kappa shape index (κ3) is 5.16. The summed E-state index contributed by atoms with van der Waals surface area (Å²) in [5.41, 5.74) is 3.46. The molecule has 5 nitrogen and oxygen atoms in total. The Morgan fingerprint density at radius 3 is 2.79 bits per heavy atom. The van der Waals surface area contributed by atoms with E-state index in [-0.39, 0.29) is 12.8 Å². The molecule has 0 heterocycles. The summed E-state index contributed by atoms with van der Waals surface area (Å²) in [5, 5.41) is 20.0. The molecule has 5 N–H and O–H groups in total. The van der Waals surface area contributed by atoms with Gasteiger partial charge in [-0.3, -0.25) is 10.2 Å². The molecule has 0 aliphatic heterocycles. The smallest absolute Gasteiger partial charge is 0.236 e. The summed E-state index contributed by atoms with van der Waals surface area (Å²) in [6, 6.07) is 0. The lowest BCUT2D eigenvalue weighted by atomic mass is 9.66. The van der Waals surface area contributed by atoms with Crippen molar-refractivity contribution in [3.05, 3.63) is 23.8 Å². The maximum atomic E-state index is 11.1. The molecule has 136 valence electrons. The highest BCUT2D eigenvalue weighted by Gasteiger charge is 2.33. The molecule has 0 radical (unpaired) electrons. The van der Waals surface area contributed by atoms with Crippen molar-refractivity contribution in [2.75, 3.05) is 0 Å². The maximum Gasteiger partial charge on any atom is 0.236 e. The van der Waals surface area contributed by atoms with Crippen molar-refractivity contribution in [2.24, 2.45) is 29.5 Å². The van der Waals surface area contributed by atoms with Crippen molar-refractivity contribution < 1.29 is 15.0 Å². The monoisotopic (exact) mass is 336 g/mol. The summed E-state index contributed by atoms with van der Waals surface area (Å²) in [7, 11) is 0. The van der Waals surface area contributed by atoms with E-state index in [0.29, 0.717) is 30.1 Å². The third-order valence-corrected chi connectivity index (χ3v) is 5.58. The number of hydrogen-bond acceptors (Lipinski definition) is 4. The van der Waals surface area contributed by atoms with Gasteiger partial charge < -0.3 is 10.2 Å². The molecule has 0 saturated carbocycles. The van der Waals surface area contributed by atoms with Gasteiger partial charge in [-0.2, -0.15) is 0 Å². The summed E-state index contributed by atoms with van der Waals surface area (Å²) in [6.45, 7) is 4.52. The van der Waals surface area contributed by atoms with Crippen molar-refractivity contribution in [1.29, 1.82) is 0 Å². The molecule has 0 aromatic heterocycles. The highest BCUT2D eigenvalue weighted by Crippen LogP contribution is 2.43. The van der Waals surface area contributed by atoms with Gasteiger partial charge in [-0.15, -0.1) is 0 Å². The number of nitrogens with two attached hydrogens (primary N) is 1. The second-order valence-electron chi connectivity index (χ2n) is 7.60. The first-order chi connectivity index (χ1) is 11.4. The van der Waals surface area contributed by atoms with Gasteiger partial charge in [0.25, 0.3) is 0 Å². The lowest BCUT2D eigenvalue weighted by molar-refractivity contribution is -0.123. The van der Waals surface area contributed by atoms with Crippen LogP contribution in [0.3, 0.4) is 0 Å². The van der Waals surface area contributed by atoms with Gasteiger partial charge in [-0.1, -0.05) is 32.1 Å². The fourth-order valence-corrected chi connectivity index (χ4v) is 4.19. The minimum atomic E-state index is -0.849. The van der Waals surface area contributed by atoms with Crippen LogP contribution in [0.25, 0.3) is 0 Å². The van der Waals surface area contributed by atoms with Gasteiger partial charge in [-0.25, -0.2) is 5.84 Å². The van der Waals surface area contributed by atoms with Crippen molar-refractivity contribution in [2.45, 2.75) is 64.6 Å². The van der Waals surface area contributed by atoms with Crippen LogP contribution in [0.5, 0.6) is 0 Å². The predicted molar refractivity (Wildman–Crippen MR) is 94.6 cm³/mol. The van der Waals surface area contributed by atoms with Gasteiger partial charge in [0.1, 0.15) is 0 Å². The number of aliphatic hydroxyl groups excluding tert-OH is 2. The molecule has 6 atom stereocenters. The van der Waals surface area contributed by atoms with Crippen LogP contribution in [0.2, 0.25) is 0 Å². The lowest BCUT2D eigenvalue weighted by Crippen LogP contribution is -2.34. The molecule has 0 unspecified atom stereocenters. The Balaban J connectivity index is 1.85. The average molecular weight is 336 g/mol. The van der Waals surface area contributed by atoms with Crippen LogP contribution in [-0.2, 0) is 4.79 Å². The molecule has 2 aliphatic carbocycles. The number of amides is 1. The zero-order chi connectivity index (χ0) is 17.7. The molecular weight excluding hydrogens is 304 g/mol. The van der Waals surface area contributed by atoms with Crippen LogP contribution in [0.15, 0.2) is 23.8 Å². The largest absolute Gasteiger partial charge is 0.393 e. The summed E-state index contributed by atoms with van der Waals surface area (Å²) in [5.74, 6) is 6.92. The minimum Gasteiger partial charge on any atom is -0.393 e. The fraction of sp³-hybridized carbons (Fsp3) is 0.737. The maximum absolute atomic E-state index is 11.1. The van der Waals surface area contributed by atoms with Crippen LogP contribution in [0.4, 0.5) is 0 Å². The molecule has 0 aromatic carbocycles.